The van der Waals surface area contributed by atoms with Crippen molar-refractivity contribution in [2.24, 2.45) is 0 Å². The first kappa shape index (κ1) is 19.6. The van der Waals surface area contributed by atoms with Gasteiger partial charge in [-0.15, -0.1) is 0 Å². The van der Waals surface area contributed by atoms with Crippen LogP contribution in [0.5, 0.6) is 5.75 Å². The number of carbonyl (C=O) groups excluding carboxylic acids is 1. The number of para-hydroxylation sites is 2. The second-order valence-electron chi connectivity index (χ2n) is 6.67. The highest BCUT2D eigenvalue weighted by Gasteiger charge is 2.27. The lowest BCUT2D eigenvalue weighted by Crippen LogP contribution is -2.28. The maximum absolute atomic E-state index is 14.4. The quantitative estimate of drug-likeness (QED) is 0.660. The van der Waals surface area contributed by atoms with Crippen LogP contribution in [-0.2, 0) is 17.9 Å². The zero-order chi connectivity index (χ0) is 21.1. The van der Waals surface area contributed by atoms with Crippen molar-refractivity contribution in [1.82, 2.24) is 0 Å². The molecule has 0 radical (unpaired) electrons. The lowest BCUT2D eigenvalue weighted by Gasteiger charge is -2.29. The van der Waals surface area contributed by atoms with Gasteiger partial charge in [-0.05, 0) is 24.3 Å². The molecular formula is C23H18F2N2O3. The molecule has 0 aromatic heterocycles. The maximum atomic E-state index is 14.4. The van der Waals surface area contributed by atoms with Gasteiger partial charge >= 0.3 is 0 Å². The summed E-state index contributed by atoms with van der Waals surface area (Å²) < 4.78 is 34.1. The summed E-state index contributed by atoms with van der Waals surface area (Å²) in [6.07, 6.45) is 1.41. The van der Waals surface area contributed by atoms with Crippen LogP contribution < -0.4 is 15.0 Å². The first-order chi connectivity index (χ1) is 14.6. The molecule has 1 aliphatic heterocycles. The molecule has 7 heteroatoms. The molecular weight excluding hydrogens is 390 g/mol. The van der Waals surface area contributed by atoms with E-state index in [2.05, 4.69) is 5.32 Å². The fraction of sp³-hybridized carbons (Fsp3) is 0.0870. The van der Waals surface area contributed by atoms with E-state index in [0.29, 0.717) is 22.5 Å². The van der Waals surface area contributed by atoms with Gasteiger partial charge in [0.2, 0.25) is 5.76 Å². The van der Waals surface area contributed by atoms with E-state index in [4.69, 9.17) is 4.74 Å². The molecule has 1 aliphatic rings. The van der Waals surface area contributed by atoms with Crippen molar-refractivity contribution in [3.8, 4) is 5.75 Å². The fourth-order valence-electron chi connectivity index (χ4n) is 3.18. The molecule has 0 aliphatic carbocycles. The van der Waals surface area contributed by atoms with Crippen LogP contribution in [-0.4, -0.2) is 11.0 Å². The number of aliphatic hydroxyl groups is 1. The van der Waals surface area contributed by atoms with Gasteiger partial charge in [0.1, 0.15) is 5.82 Å². The number of hydrogen-bond acceptors (Lipinski definition) is 4. The van der Waals surface area contributed by atoms with Crippen LogP contribution in [0.2, 0.25) is 0 Å². The van der Waals surface area contributed by atoms with Crippen LogP contribution in [0, 0.1) is 11.6 Å². The van der Waals surface area contributed by atoms with Gasteiger partial charge in [-0.2, -0.15) is 0 Å². The molecule has 0 saturated heterocycles. The van der Waals surface area contributed by atoms with E-state index in [9.17, 15) is 18.7 Å². The highest BCUT2D eigenvalue weighted by atomic mass is 19.1. The molecule has 0 fully saturated rings. The van der Waals surface area contributed by atoms with Crippen molar-refractivity contribution in [3.05, 3.63) is 101 Å². The molecule has 0 saturated carbocycles. The van der Waals surface area contributed by atoms with E-state index in [1.807, 2.05) is 0 Å². The van der Waals surface area contributed by atoms with E-state index in [-0.39, 0.29) is 24.7 Å². The average Bonchev–Trinajstić information content (AvgIpc) is 2.76. The van der Waals surface area contributed by atoms with Crippen LogP contribution in [0.15, 0.2) is 78.7 Å². The fourth-order valence-corrected chi connectivity index (χ4v) is 3.18. The molecule has 152 valence electrons. The number of nitrogens with zero attached hydrogens (tertiary/aromatic N) is 1. The van der Waals surface area contributed by atoms with Crippen molar-refractivity contribution in [2.75, 3.05) is 10.2 Å². The third-order valence-electron chi connectivity index (χ3n) is 4.70. The summed E-state index contributed by atoms with van der Waals surface area (Å²) in [6, 6.07) is 17.4. The molecule has 4 rings (SSSR count). The Morgan fingerprint density at radius 3 is 2.40 bits per heavy atom. The van der Waals surface area contributed by atoms with E-state index >= 15 is 0 Å². The molecule has 30 heavy (non-hydrogen) atoms. The summed E-state index contributed by atoms with van der Waals surface area (Å²) in [5.74, 6) is -1.93. The van der Waals surface area contributed by atoms with Crippen LogP contribution in [0.1, 0.15) is 11.1 Å². The number of amides is 1. The number of hydrogen-bond donors (Lipinski definition) is 2. The summed E-state index contributed by atoms with van der Waals surface area (Å²) in [6.45, 7) is -0.177. The Morgan fingerprint density at radius 2 is 1.63 bits per heavy atom. The normalized spacial score (nSPS) is 12.6. The summed E-state index contributed by atoms with van der Waals surface area (Å²) in [5, 5.41) is 12.1. The van der Waals surface area contributed by atoms with Crippen LogP contribution >= 0.6 is 0 Å². The van der Waals surface area contributed by atoms with E-state index in [1.54, 1.807) is 53.4 Å². The van der Waals surface area contributed by atoms with E-state index in [0.717, 1.165) is 0 Å². The number of benzene rings is 3. The Morgan fingerprint density at radius 1 is 0.933 bits per heavy atom. The summed E-state index contributed by atoms with van der Waals surface area (Å²) in [5.41, 5.74) is 1.70. The van der Waals surface area contributed by atoms with Gasteiger partial charge in [0.25, 0.3) is 5.91 Å². The van der Waals surface area contributed by atoms with Gasteiger partial charge in [0.05, 0.1) is 25.0 Å². The second kappa shape index (κ2) is 8.34. The number of rotatable bonds is 5. The molecule has 0 spiro atoms. The van der Waals surface area contributed by atoms with Crippen molar-refractivity contribution < 1.29 is 23.4 Å². The third kappa shape index (κ3) is 3.88. The monoisotopic (exact) mass is 408 g/mol. The Kier molecular flexibility index (Phi) is 5.45. The van der Waals surface area contributed by atoms with Gasteiger partial charge in [0.15, 0.2) is 11.6 Å². The Bertz CT molecular complexity index is 1130. The predicted molar refractivity (Wildman–Crippen MR) is 109 cm³/mol. The molecule has 1 heterocycles. The molecule has 3 aromatic rings. The number of anilines is 2. The highest BCUT2D eigenvalue weighted by Crippen LogP contribution is 2.37. The molecule has 0 atom stereocenters. The van der Waals surface area contributed by atoms with Crippen molar-refractivity contribution in [1.29, 1.82) is 0 Å². The average molecular weight is 408 g/mol. The maximum Gasteiger partial charge on any atom is 0.292 e. The van der Waals surface area contributed by atoms with Gasteiger partial charge in [-0.25, -0.2) is 8.78 Å². The zero-order valence-corrected chi connectivity index (χ0v) is 15.8. The molecule has 0 unspecified atom stereocenters. The predicted octanol–water partition coefficient (Wildman–Crippen LogP) is 4.34. The van der Waals surface area contributed by atoms with Gasteiger partial charge in [0, 0.05) is 16.8 Å². The van der Waals surface area contributed by atoms with Crippen molar-refractivity contribution in [3.63, 3.8) is 0 Å². The minimum atomic E-state index is -0.639. The van der Waals surface area contributed by atoms with Crippen LogP contribution in [0.25, 0.3) is 0 Å². The van der Waals surface area contributed by atoms with Gasteiger partial charge in [-0.3, -0.25) is 4.79 Å². The number of carbonyl (C=O) groups is 1. The SMILES string of the molecule is O=C(Nc1ccccc1CO)C1=CN(Cc2ccccc2F)c2cccc(F)c2O1. The second-order valence-corrected chi connectivity index (χ2v) is 6.67. The number of aliphatic hydroxyl groups excluding tert-OH is 1. The standard InChI is InChI=1S/C23H18F2N2O3/c24-17-8-3-1-6-15(17)12-27-13-21(30-22-18(25)9-5-11-20(22)27)23(29)26-19-10-4-2-7-16(19)14-28/h1-11,13,28H,12,14H2,(H,26,29). The number of fused-ring (bicyclic) bond motifs is 1. The summed E-state index contributed by atoms with van der Waals surface area (Å²) in [7, 11) is 0. The molecule has 2 N–H and O–H groups in total. The molecule has 0 bridgehead atoms. The van der Waals surface area contributed by atoms with Crippen LogP contribution in [0.4, 0.5) is 20.2 Å². The Labute approximate surface area is 171 Å². The van der Waals surface area contributed by atoms with Crippen LogP contribution in [0.3, 0.4) is 0 Å². The topological polar surface area (TPSA) is 61.8 Å². The highest BCUT2D eigenvalue weighted by molar-refractivity contribution is 6.03. The first-order valence-electron chi connectivity index (χ1n) is 9.25. The number of halogens is 2. The Hall–Kier alpha value is -3.71. The molecule has 5 nitrogen and oxygen atoms in total. The molecule has 3 aromatic carbocycles. The van der Waals surface area contributed by atoms with Gasteiger partial charge in [-0.1, -0.05) is 42.5 Å². The van der Waals surface area contributed by atoms with E-state index < -0.39 is 17.5 Å². The first-order valence-corrected chi connectivity index (χ1v) is 9.25. The Balaban J connectivity index is 1.67. The van der Waals surface area contributed by atoms with Crippen molar-refractivity contribution >= 4 is 17.3 Å². The summed E-state index contributed by atoms with van der Waals surface area (Å²) >= 11 is 0. The summed E-state index contributed by atoms with van der Waals surface area (Å²) in [4.78, 5) is 14.4. The lowest BCUT2D eigenvalue weighted by molar-refractivity contribution is -0.114. The third-order valence-corrected chi connectivity index (χ3v) is 4.70. The lowest BCUT2D eigenvalue weighted by atomic mass is 10.1. The van der Waals surface area contributed by atoms with Crippen molar-refractivity contribution in [2.45, 2.75) is 13.2 Å². The minimum absolute atomic E-state index is 0.0799. The number of ether oxygens (including phenoxy) is 1. The van der Waals surface area contributed by atoms with E-state index in [1.165, 1.54) is 24.4 Å². The largest absolute Gasteiger partial charge is 0.445 e. The van der Waals surface area contributed by atoms with Gasteiger partial charge < -0.3 is 20.1 Å². The minimum Gasteiger partial charge on any atom is -0.445 e. The number of nitrogens with one attached hydrogen (secondary N) is 1. The molecule has 1 amide bonds. The zero-order valence-electron chi connectivity index (χ0n) is 15.8. The smallest absolute Gasteiger partial charge is 0.292 e.